The third-order valence-corrected chi connectivity index (χ3v) is 3.44. The molecular weight excluding hydrogens is 296 g/mol. The summed E-state index contributed by atoms with van der Waals surface area (Å²) in [6, 6.07) is 5.85. The van der Waals surface area contributed by atoms with E-state index in [1.165, 1.54) is 0 Å². The lowest BCUT2D eigenvalue weighted by atomic mass is 10.1. The van der Waals surface area contributed by atoms with Gasteiger partial charge < -0.3 is 15.4 Å². The van der Waals surface area contributed by atoms with Crippen molar-refractivity contribution in [3.63, 3.8) is 0 Å². The third-order valence-electron chi connectivity index (χ3n) is 2.98. The second-order valence-corrected chi connectivity index (χ2v) is 5.34. The van der Waals surface area contributed by atoms with Crippen LogP contribution in [0.15, 0.2) is 22.7 Å². The van der Waals surface area contributed by atoms with E-state index in [0.717, 1.165) is 35.3 Å². The predicted octanol–water partition coefficient (Wildman–Crippen LogP) is 2.54. The van der Waals surface area contributed by atoms with Crippen molar-refractivity contribution in [3.8, 4) is 5.75 Å². The van der Waals surface area contributed by atoms with E-state index < -0.39 is 0 Å². The minimum Gasteiger partial charge on any atom is -0.497 e. The van der Waals surface area contributed by atoms with E-state index in [0.29, 0.717) is 12.5 Å². The van der Waals surface area contributed by atoms with Gasteiger partial charge in [0.05, 0.1) is 7.11 Å². The van der Waals surface area contributed by atoms with Gasteiger partial charge in [0.15, 0.2) is 0 Å². The molecule has 1 heterocycles. The number of hydrogen-bond donors (Lipinski definition) is 2. The smallest absolute Gasteiger partial charge is 0.225 e. The van der Waals surface area contributed by atoms with Gasteiger partial charge in [0.1, 0.15) is 5.75 Å². The Labute approximate surface area is 115 Å². The fourth-order valence-electron chi connectivity index (χ4n) is 2.12. The van der Waals surface area contributed by atoms with E-state index in [1.54, 1.807) is 7.11 Å². The molecule has 5 heteroatoms. The van der Waals surface area contributed by atoms with E-state index >= 15 is 0 Å². The molecule has 1 atom stereocenters. The standard InChI is InChI=1S/C13H17BrN2O2/c1-18-12-6-9(14)5-11(7-12)16-13(17)8-10-3-2-4-15-10/h5-7,10,15H,2-4,8H2,1H3,(H,16,17). The Morgan fingerprint density at radius 2 is 2.39 bits per heavy atom. The molecule has 0 aliphatic carbocycles. The van der Waals surface area contributed by atoms with E-state index in [4.69, 9.17) is 4.74 Å². The van der Waals surface area contributed by atoms with Crippen LogP contribution in [0.5, 0.6) is 5.75 Å². The molecular formula is C13H17BrN2O2. The molecule has 2 N–H and O–H groups in total. The Morgan fingerprint density at radius 3 is 3.06 bits per heavy atom. The summed E-state index contributed by atoms with van der Waals surface area (Å²) in [6.45, 7) is 1.02. The van der Waals surface area contributed by atoms with E-state index in [-0.39, 0.29) is 5.91 Å². The van der Waals surface area contributed by atoms with Crippen LogP contribution in [0.25, 0.3) is 0 Å². The lowest BCUT2D eigenvalue weighted by Gasteiger charge is -2.11. The molecule has 4 nitrogen and oxygen atoms in total. The Hall–Kier alpha value is -1.07. The number of hydrogen-bond acceptors (Lipinski definition) is 3. The van der Waals surface area contributed by atoms with Crippen LogP contribution in [0.1, 0.15) is 19.3 Å². The van der Waals surface area contributed by atoms with Crippen molar-refractivity contribution in [2.75, 3.05) is 19.0 Å². The molecule has 0 aromatic heterocycles. The molecule has 1 fully saturated rings. The zero-order chi connectivity index (χ0) is 13.0. The molecule has 1 aliphatic heterocycles. The van der Waals surface area contributed by atoms with Gasteiger partial charge in [-0.15, -0.1) is 0 Å². The number of anilines is 1. The Bertz CT molecular complexity index is 431. The highest BCUT2D eigenvalue weighted by Crippen LogP contribution is 2.24. The fourth-order valence-corrected chi connectivity index (χ4v) is 2.59. The first-order chi connectivity index (χ1) is 8.67. The number of nitrogens with one attached hydrogen (secondary N) is 2. The Kier molecular flexibility index (Phi) is 4.60. The molecule has 1 amide bonds. The predicted molar refractivity (Wildman–Crippen MR) is 75.0 cm³/mol. The first-order valence-corrected chi connectivity index (χ1v) is 6.84. The highest BCUT2D eigenvalue weighted by atomic mass is 79.9. The summed E-state index contributed by atoms with van der Waals surface area (Å²) in [7, 11) is 1.61. The topological polar surface area (TPSA) is 50.4 Å². The first-order valence-electron chi connectivity index (χ1n) is 6.05. The summed E-state index contributed by atoms with van der Waals surface area (Å²) in [4.78, 5) is 11.9. The number of rotatable bonds is 4. The van der Waals surface area contributed by atoms with E-state index in [9.17, 15) is 4.79 Å². The van der Waals surface area contributed by atoms with Crippen molar-refractivity contribution in [2.24, 2.45) is 0 Å². The van der Waals surface area contributed by atoms with Crippen molar-refractivity contribution in [3.05, 3.63) is 22.7 Å². The zero-order valence-corrected chi connectivity index (χ0v) is 11.9. The van der Waals surface area contributed by atoms with Crippen LogP contribution >= 0.6 is 15.9 Å². The number of amides is 1. The van der Waals surface area contributed by atoms with Crippen molar-refractivity contribution >= 4 is 27.5 Å². The molecule has 1 aromatic rings. The third kappa shape index (κ3) is 3.71. The van der Waals surface area contributed by atoms with Gasteiger partial charge in [-0.1, -0.05) is 15.9 Å². The lowest BCUT2D eigenvalue weighted by molar-refractivity contribution is -0.116. The summed E-state index contributed by atoms with van der Waals surface area (Å²) in [5.41, 5.74) is 0.754. The summed E-state index contributed by atoms with van der Waals surface area (Å²) >= 11 is 3.39. The molecule has 1 unspecified atom stereocenters. The van der Waals surface area contributed by atoms with Crippen LogP contribution in [0, 0.1) is 0 Å². The molecule has 0 bridgehead atoms. The van der Waals surface area contributed by atoms with Crippen LogP contribution in [-0.4, -0.2) is 25.6 Å². The highest BCUT2D eigenvalue weighted by molar-refractivity contribution is 9.10. The van der Waals surface area contributed by atoms with Gasteiger partial charge in [-0.05, 0) is 31.5 Å². The zero-order valence-electron chi connectivity index (χ0n) is 10.3. The molecule has 1 aromatic carbocycles. The molecule has 98 valence electrons. The van der Waals surface area contributed by atoms with Crippen molar-refractivity contribution in [2.45, 2.75) is 25.3 Å². The monoisotopic (exact) mass is 312 g/mol. The van der Waals surface area contributed by atoms with Gasteiger partial charge in [-0.3, -0.25) is 4.79 Å². The first kappa shape index (κ1) is 13.4. The maximum absolute atomic E-state index is 11.9. The molecule has 18 heavy (non-hydrogen) atoms. The SMILES string of the molecule is COc1cc(Br)cc(NC(=O)CC2CCCN2)c1. The summed E-state index contributed by atoms with van der Waals surface area (Å²) in [6.07, 6.45) is 2.76. The van der Waals surface area contributed by atoms with Gasteiger partial charge in [0.25, 0.3) is 0 Å². The molecule has 0 radical (unpaired) electrons. The van der Waals surface area contributed by atoms with Gasteiger partial charge in [0.2, 0.25) is 5.91 Å². The molecule has 2 rings (SSSR count). The van der Waals surface area contributed by atoms with Crippen molar-refractivity contribution < 1.29 is 9.53 Å². The van der Waals surface area contributed by atoms with Gasteiger partial charge in [-0.25, -0.2) is 0 Å². The second-order valence-electron chi connectivity index (χ2n) is 4.43. The van der Waals surface area contributed by atoms with E-state index in [1.807, 2.05) is 18.2 Å². The Balaban J connectivity index is 1.95. The minimum atomic E-state index is 0.0366. The molecule has 1 saturated heterocycles. The largest absolute Gasteiger partial charge is 0.497 e. The van der Waals surface area contributed by atoms with E-state index in [2.05, 4.69) is 26.6 Å². The van der Waals surface area contributed by atoms with Crippen LogP contribution in [0.3, 0.4) is 0 Å². The average Bonchev–Trinajstić information content (AvgIpc) is 2.80. The maximum Gasteiger partial charge on any atom is 0.225 e. The highest BCUT2D eigenvalue weighted by Gasteiger charge is 2.17. The van der Waals surface area contributed by atoms with Crippen LogP contribution in [-0.2, 0) is 4.79 Å². The lowest BCUT2D eigenvalue weighted by Crippen LogP contribution is -2.27. The second kappa shape index (κ2) is 6.20. The fraction of sp³-hybridized carbons (Fsp3) is 0.462. The number of benzene rings is 1. The van der Waals surface area contributed by atoms with Crippen LogP contribution in [0.2, 0.25) is 0 Å². The molecule has 0 spiro atoms. The maximum atomic E-state index is 11.9. The number of halogens is 1. The van der Waals surface area contributed by atoms with Gasteiger partial charge >= 0.3 is 0 Å². The van der Waals surface area contributed by atoms with Crippen molar-refractivity contribution in [1.82, 2.24) is 5.32 Å². The van der Waals surface area contributed by atoms with Crippen molar-refractivity contribution in [1.29, 1.82) is 0 Å². The van der Waals surface area contributed by atoms with Gasteiger partial charge in [0, 0.05) is 28.7 Å². The Morgan fingerprint density at radius 1 is 1.56 bits per heavy atom. The van der Waals surface area contributed by atoms with Gasteiger partial charge in [-0.2, -0.15) is 0 Å². The normalized spacial score (nSPS) is 18.7. The number of carbonyl (C=O) groups is 1. The molecule has 1 aliphatic rings. The summed E-state index contributed by atoms with van der Waals surface area (Å²) < 4.78 is 6.04. The summed E-state index contributed by atoms with van der Waals surface area (Å²) in [5.74, 6) is 0.758. The summed E-state index contributed by atoms with van der Waals surface area (Å²) in [5, 5.41) is 6.21. The number of methoxy groups -OCH3 is 1. The van der Waals surface area contributed by atoms with Crippen LogP contribution in [0.4, 0.5) is 5.69 Å². The number of ether oxygens (including phenoxy) is 1. The number of carbonyl (C=O) groups excluding carboxylic acids is 1. The quantitative estimate of drug-likeness (QED) is 0.898. The average molecular weight is 313 g/mol. The minimum absolute atomic E-state index is 0.0366. The van der Waals surface area contributed by atoms with Crippen LogP contribution < -0.4 is 15.4 Å². The molecule has 0 saturated carbocycles.